The van der Waals surface area contributed by atoms with Gasteiger partial charge in [0.15, 0.2) is 6.29 Å². The van der Waals surface area contributed by atoms with Crippen molar-refractivity contribution < 1.29 is 49.3 Å². The predicted octanol–water partition coefficient (Wildman–Crippen LogP) is 14.1. The molecule has 7 unspecified atom stereocenters. The van der Waals surface area contributed by atoms with E-state index in [1.807, 2.05) is 6.08 Å². The fourth-order valence-corrected chi connectivity index (χ4v) is 9.28. The molecule has 1 rings (SSSR count). The number of aliphatic hydroxyl groups is 5. The highest BCUT2D eigenvalue weighted by Crippen LogP contribution is 2.23. The smallest absolute Gasteiger partial charge is 0.305 e. The molecule has 0 radical (unpaired) electrons. The molecule has 0 spiro atoms. The molecule has 1 aliphatic rings. The van der Waals surface area contributed by atoms with Crippen molar-refractivity contribution >= 4 is 11.9 Å². The Hall–Kier alpha value is -2.38. The Balaban J connectivity index is 2.01. The molecule has 11 nitrogen and oxygen atoms in total. The van der Waals surface area contributed by atoms with Crippen LogP contribution in [0.4, 0.5) is 0 Å². The van der Waals surface area contributed by atoms with Gasteiger partial charge in [-0.3, -0.25) is 9.59 Å². The summed E-state index contributed by atoms with van der Waals surface area (Å²) in [5.41, 5.74) is 0. The van der Waals surface area contributed by atoms with Crippen molar-refractivity contribution in [2.75, 3.05) is 19.8 Å². The topological polar surface area (TPSA) is 175 Å². The summed E-state index contributed by atoms with van der Waals surface area (Å²) in [6.07, 6.45) is 55.0. The van der Waals surface area contributed by atoms with Gasteiger partial charge in [0.05, 0.1) is 32.0 Å². The van der Waals surface area contributed by atoms with Gasteiger partial charge in [0.25, 0.3) is 0 Å². The summed E-state index contributed by atoms with van der Waals surface area (Å²) in [4.78, 5) is 25.0. The number of carbonyl (C=O) groups is 2. The predicted molar refractivity (Wildman–Crippen MR) is 301 cm³/mol. The van der Waals surface area contributed by atoms with Gasteiger partial charge in [-0.25, -0.2) is 0 Å². The molecule has 6 N–H and O–H groups in total. The largest absolute Gasteiger partial charge is 0.466 e. The standard InChI is InChI=1S/C62H113NO10/c1-3-5-7-9-11-13-14-15-23-27-30-34-38-42-46-50-58(67)71-51-47-43-39-35-31-28-25-22-20-18-16-17-19-21-24-26-29-33-37-41-45-49-57(66)63-54(55(65)48-44-40-36-32-12-10-8-6-4-2)53-72-62-61(70)60(69)59(68)56(52-64)73-62/h11,13,15,17,19,23,44,48,54-56,59-62,64-65,68-70H,3-10,12,14,16,18,20-22,24-43,45-47,49-53H2,1-2H3,(H,63,66)/b13-11-,19-17-,23-15-,48-44+. The molecule has 0 aliphatic carbocycles. The fourth-order valence-electron chi connectivity index (χ4n) is 9.28. The third-order valence-electron chi connectivity index (χ3n) is 14.2. The summed E-state index contributed by atoms with van der Waals surface area (Å²) in [6.45, 7) is 4.27. The molecule has 1 fully saturated rings. The SMILES string of the molecule is CCCCC/C=C\C/C=C\CCCCCCCC(=O)OCCCCCCCCCCCC/C=C\CCCCCCCCCC(=O)NC(COC1OC(CO)C(O)C(O)C1O)C(O)/C=C/CCCCCCCCC. The summed E-state index contributed by atoms with van der Waals surface area (Å²) in [5.74, 6) is -0.212. The number of hydrogen-bond donors (Lipinski definition) is 6. The van der Waals surface area contributed by atoms with Gasteiger partial charge >= 0.3 is 5.97 Å². The number of aliphatic hydroxyl groups excluding tert-OH is 5. The highest BCUT2D eigenvalue weighted by Gasteiger charge is 2.44. The molecule has 0 saturated carbocycles. The van der Waals surface area contributed by atoms with Crippen molar-refractivity contribution in [3.8, 4) is 0 Å². The van der Waals surface area contributed by atoms with E-state index in [0.29, 0.717) is 19.4 Å². The van der Waals surface area contributed by atoms with Crippen molar-refractivity contribution in [1.29, 1.82) is 0 Å². The number of amides is 1. The highest BCUT2D eigenvalue weighted by molar-refractivity contribution is 5.76. The Kier molecular flexibility index (Phi) is 48.6. The van der Waals surface area contributed by atoms with Gasteiger partial charge in [0.1, 0.15) is 24.4 Å². The molecule has 0 aromatic carbocycles. The maximum Gasteiger partial charge on any atom is 0.305 e. The Morgan fingerprint density at radius 1 is 0.507 bits per heavy atom. The maximum absolute atomic E-state index is 13.0. The van der Waals surface area contributed by atoms with Crippen LogP contribution in [0.2, 0.25) is 0 Å². The second-order valence-corrected chi connectivity index (χ2v) is 21.0. The highest BCUT2D eigenvalue weighted by atomic mass is 16.7. The van der Waals surface area contributed by atoms with Crippen LogP contribution in [0.1, 0.15) is 271 Å². The molecule has 1 aliphatic heterocycles. The Morgan fingerprint density at radius 3 is 1.42 bits per heavy atom. The summed E-state index contributed by atoms with van der Waals surface area (Å²) in [6, 6.07) is -0.815. The Morgan fingerprint density at radius 2 is 0.918 bits per heavy atom. The first-order valence-electron chi connectivity index (χ1n) is 30.4. The summed E-state index contributed by atoms with van der Waals surface area (Å²) >= 11 is 0. The van der Waals surface area contributed by atoms with Crippen LogP contribution < -0.4 is 5.32 Å². The Labute approximate surface area is 446 Å². The van der Waals surface area contributed by atoms with E-state index in [4.69, 9.17) is 14.2 Å². The Bertz CT molecular complexity index is 1350. The van der Waals surface area contributed by atoms with E-state index in [9.17, 15) is 35.1 Å². The van der Waals surface area contributed by atoms with E-state index >= 15 is 0 Å². The maximum atomic E-state index is 13.0. The summed E-state index contributed by atoms with van der Waals surface area (Å²) in [7, 11) is 0. The number of esters is 1. The molecule has 0 aromatic rings. The number of nitrogens with one attached hydrogen (secondary N) is 1. The number of carbonyl (C=O) groups excluding carboxylic acids is 2. The molecule has 1 amide bonds. The molecular weight excluding hydrogens is 919 g/mol. The van der Waals surface area contributed by atoms with Crippen LogP contribution in [0.3, 0.4) is 0 Å². The van der Waals surface area contributed by atoms with E-state index in [2.05, 4.69) is 55.6 Å². The molecule has 1 saturated heterocycles. The van der Waals surface area contributed by atoms with Crippen molar-refractivity contribution in [2.24, 2.45) is 0 Å². The summed E-state index contributed by atoms with van der Waals surface area (Å²) < 4.78 is 16.7. The van der Waals surface area contributed by atoms with E-state index in [1.165, 1.54) is 154 Å². The third-order valence-corrected chi connectivity index (χ3v) is 14.2. The van der Waals surface area contributed by atoms with Gasteiger partial charge in [-0.1, -0.05) is 217 Å². The minimum atomic E-state index is -1.57. The molecular formula is C62H113NO10. The zero-order chi connectivity index (χ0) is 53.1. The second-order valence-electron chi connectivity index (χ2n) is 21.0. The van der Waals surface area contributed by atoms with Crippen molar-refractivity contribution in [3.05, 3.63) is 48.6 Å². The lowest BCUT2D eigenvalue weighted by molar-refractivity contribution is -0.302. The van der Waals surface area contributed by atoms with Gasteiger partial charge < -0.3 is 45.1 Å². The number of allylic oxidation sites excluding steroid dienone is 7. The minimum absolute atomic E-state index is 0.0196. The van der Waals surface area contributed by atoms with Gasteiger partial charge in [-0.2, -0.15) is 0 Å². The van der Waals surface area contributed by atoms with Crippen LogP contribution in [0.15, 0.2) is 48.6 Å². The monoisotopic (exact) mass is 1030 g/mol. The van der Waals surface area contributed by atoms with Crippen LogP contribution in [-0.4, -0.2) is 100 Å². The van der Waals surface area contributed by atoms with Crippen LogP contribution in [0, 0.1) is 0 Å². The van der Waals surface area contributed by atoms with Gasteiger partial charge in [0.2, 0.25) is 5.91 Å². The van der Waals surface area contributed by atoms with Gasteiger partial charge in [-0.15, -0.1) is 0 Å². The van der Waals surface area contributed by atoms with Crippen LogP contribution in [0.25, 0.3) is 0 Å². The number of rotatable bonds is 52. The number of hydrogen-bond acceptors (Lipinski definition) is 10. The minimum Gasteiger partial charge on any atom is -0.466 e. The van der Waals surface area contributed by atoms with E-state index in [0.717, 1.165) is 89.9 Å². The van der Waals surface area contributed by atoms with Gasteiger partial charge in [0, 0.05) is 12.8 Å². The second kappa shape index (κ2) is 51.7. The molecule has 1 heterocycles. The molecule has 0 bridgehead atoms. The summed E-state index contributed by atoms with van der Waals surface area (Å²) in [5, 5.41) is 54.2. The molecule has 0 aromatic heterocycles. The average molecular weight is 1030 g/mol. The first kappa shape index (κ1) is 68.6. The lowest BCUT2D eigenvalue weighted by atomic mass is 9.99. The van der Waals surface area contributed by atoms with E-state index in [1.54, 1.807) is 6.08 Å². The third kappa shape index (κ3) is 41.5. The van der Waals surface area contributed by atoms with Crippen molar-refractivity contribution in [1.82, 2.24) is 5.32 Å². The fraction of sp³-hybridized carbons (Fsp3) is 0.839. The van der Waals surface area contributed by atoms with Crippen molar-refractivity contribution in [3.63, 3.8) is 0 Å². The molecule has 11 heteroatoms. The van der Waals surface area contributed by atoms with Crippen LogP contribution >= 0.6 is 0 Å². The normalized spacial score (nSPS) is 19.2. The number of unbranched alkanes of at least 4 members (excludes halogenated alkanes) is 32. The van der Waals surface area contributed by atoms with Crippen LogP contribution in [0.5, 0.6) is 0 Å². The first-order valence-corrected chi connectivity index (χ1v) is 30.4. The molecule has 426 valence electrons. The van der Waals surface area contributed by atoms with E-state index in [-0.39, 0.29) is 18.5 Å². The number of ether oxygens (including phenoxy) is 3. The average Bonchev–Trinajstić information content (AvgIpc) is 3.39. The zero-order valence-corrected chi connectivity index (χ0v) is 46.8. The van der Waals surface area contributed by atoms with E-state index < -0.39 is 49.5 Å². The quantitative estimate of drug-likeness (QED) is 0.0195. The lowest BCUT2D eigenvalue weighted by Crippen LogP contribution is -2.60. The first-order chi connectivity index (χ1) is 35.7. The molecule has 73 heavy (non-hydrogen) atoms. The molecule has 7 atom stereocenters. The van der Waals surface area contributed by atoms with Crippen molar-refractivity contribution in [2.45, 2.75) is 314 Å². The van der Waals surface area contributed by atoms with Gasteiger partial charge in [-0.05, 0) is 89.9 Å². The lowest BCUT2D eigenvalue weighted by Gasteiger charge is -2.40. The zero-order valence-electron chi connectivity index (χ0n) is 46.8. The van der Waals surface area contributed by atoms with Crippen LogP contribution in [-0.2, 0) is 23.8 Å².